The maximum Gasteiger partial charge on any atom is 0.242 e. The molecular formula is C14H24N2O4S. The summed E-state index contributed by atoms with van der Waals surface area (Å²) in [6.45, 7) is 2.34. The minimum absolute atomic E-state index is 0.0200. The van der Waals surface area contributed by atoms with Crippen LogP contribution in [0.5, 0.6) is 0 Å². The van der Waals surface area contributed by atoms with Crippen molar-refractivity contribution >= 4 is 10.0 Å². The van der Waals surface area contributed by atoms with Crippen LogP contribution in [0.3, 0.4) is 0 Å². The summed E-state index contributed by atoms with van der Waals surface area (Å²) in [5.74, 6) is 0. The normalized spacial score (nSPS) is 15.1. The average Bonchev–Trinajstić information content (AvgIpc) is 2.46. The van der Waals surface area contributed by atoms with E-state index in [0.29, 0.717) is 6.61 Å². The van der Waals surface area contributed by atoms with Gasteiger partial charge in [0.25, 0.3) is 0 Å². The molecule has 2 N–H and O–H groups in total. The molecule has 0 saturated carbocycles. The van der Waals surface area contributed by atoms with E-state index in [2.05, 4.69) is 5.32 Å². The van der Waals surface area contributed by atoms with Crippen molar-refractivity contribution in [1.82, 2.24) is 9.62 Å². The number of benzene rings is 1. The van der Waals surface area contributed by atoms with Crippen LogP contribution < -0.4 is 5.32 Å². The van der Waals surface area contributed by atoms with Gasteiger partial charge in [-0.15, -0.1) is 0 Å². The van der Waals surface area contributed by atoms with Gasteiger partial charge in [0.05, 0.1) is 24.2 Å². The van der Waals surface area contributed by atoms with Gasteiger partial charge in [0.1, 0.15) is 0 Å². The zero-order chi connectivity index (χ0) is 16.0. The van der Waals surface area contributed by atoms with Crippen molar-refractivity contribution in [3.8, 4) is 0 Å². The highest BCUT2D eigenvalue weighted by atomic mass is 32.2. The zero-order valence-electron chi connectivity index (χ0n) is 12.9. The van der Waals surface area contributed by atoms with E-state index in [1.54, 1.807) is 31.4 Å². The van der Waals surface area contributed by atoms with Gasteiger partial charge in [-0.05, 0) is 24.6 Å². The lowest BCUT2D eigenvalue weighted by atomic mass is 10.1. The first-order valence-corrected chi connectivity index (χ1v) is 8.15. The first-order valence-electron chi connectivity index (χ1n) is 6.71. The highest BCUT2D eigenvalue weighted by molar-refractivity contribution is 7.89. The van der Waals surface area contributed by atoms with Crippen LogP contribution in [-0.2, 0) is 14.8 Å². The summed E-state index contributed by atoms with van der Waals surface area (Å²) in [4.78, 5) is 0.263. The molecule has 0 bridgehead atoms. The zero-order valence-corrected chi connectivity index (χ0v) is 13.7. The van der Waals surface area contributed by atoms with E-state index in [0.717, 1.165) is 5.56 Å². The fourth-order valence-corrected chi connectivity index (χ4v) is 2.85. The third-order valence-electron chi connectivity index (χ3n) is 3.23. The number of ether oxygens (including phenoxy) is 1. The first-order chi connectivity index (χ1) is 9.82. The minimum Gasteiger partial charge on any atom is -0.395 e. The van der Waals surface area contributed by atoms with E-state index in [4.69, 9.17) is 4.74 Å². The molecule has 7 heteroatoms. The van der Waals surface area contributed by atoms with Gasteiger partial charge in [0.15, 0.2) is 0 Å². The Balaban J connectivity index is 2.83. The van der Waals surface area contributed by atoms with Gasteiger partial charge < -0.3 is 15.2 Å². The number of nitrogens with one attached hydrogen (secondary N) is 1. The van der Waals surface area contributed by atoms with Gasteiger partial charge in [-0.1, -0.05) is 12.1 Å². The van der Waals surface area contributed by atoms with E-state index in [1.165, 1.54) is 18.4 Å². The predicted octanol–water partition coefficient (Wildman–Crippen LogP) is 0.595. The standard InChI is InChI=1S/C14H24N2O4S/c1-11(15-13(9-17)10-20-4)12-5-7-14(8-6-12)21(18,19)16(2)3/h5-8,11,13,15,17H,9-10H2,1-4H3. The van der Waals surface area contributed by atoms with Crippen molar-refractivity contribution in [2.75, 3.05) is 34.4 Å². The van der Waals surface area contributed by atoms with Crippen LogP contribution >= 0.6 is 0 Å². The van der Waals surface area contributed by atoms with Crippen LogP contribution in [0.4, 0.5) is 0 Å². The molecule has 0 amide bonds. The van der Waals surface area contributed by atoms with E-state index < -0.39 is 10.0 Å². The molecule has 2 atom stereocenters. The first kappa shape index (κ1) is 18.1. The third kappa shape index (κ3) is 4.76. The number of methoxy groups -OCH3 is 1. The van der Waals surface area contributed by atoms with E-state index >= 15 is 0 Å². The van der Waals surface area contributed by atoms with Gasteiger partial charge in [0, 0.05) is 27.2 Å². The molecule has 0 saturated heterocycles. The van der Waals surface area contributed by atoms with Crippen LogP contribution in [0.2, 0.25) is 0 Å². The van der Waals surface area contributed by atoms with Crippen LogP contribution in [0.1, 0.15) is 18.5 Å². The fraction of sp³-hybridized carbons (Fsp3) is 0.571. The molecule has 1 rings (SSSR count). The third-order valence-corrected chi connectivity index (χ3v) is 5.06. The fourth-order valence-electron chi connectivity index (χ4n) is 1.94. The molecule has 0 spiro atoms. The summed E-state index contributed by atoms with van der Waals surface area (Å²) in [5, 5.41) is 12.5. The van der Waals surface area contributed by atoms with E-state index in [9.17, 15) is 13.5 Å². The van der Waals surface area contributed by atoms with E-state index in [1.807, 2.05) is 6.92 Å². The molecule has 0 aliphatic rings. The summed E-state index contributed by atoms with van der Waals surface area (Å²) in [6.07, 6.45) is 0. The van der Waals surface area contributed by atoms with Crippen molar-refractivity contribution in [2.45, 2.75) is 23.9 Å². The lowest BCUT2D eigenvalue weighted by molar-refractivity contribution is 0.123. The van der Waals surface area contributed by atoms with Crippen LogP contribution in [0, 0.1) is 0 Å². The van der Waals surface area contributed by atoms with Crippen molar-refractivity contribution in [1.29, 1.82) is 0 Å². The van der Waals surface area contributed by atoms with Gasteiger partial charge >= 0.3 is 0 Å². The Labute approximate surface area is 126 Å². The Kier molecular flexibility index (Phi) is 6.76. The number of hydrogen-bond donors (Lipinski definition) is 2. The number of sulfonamides is 1. The molecular weight excluding hydrogens is 292 g/mol. The second-order valence-corrected chi connectivity index (χ2v) is 7.23. The predicted molar refractivity (Wildman–Crippen MR) is 81.6 cm³/mol. The maximum atomic E-state index is 12.0. The lowest BCUT2D eigenvalue weighted by Gasteiger charge is -2.21. The second kappa shape index (κ2) is 7.86. The number of rotatable bonds is 8. The molecule has 0 aliphatic heterocycles. The smallest absolute Gasteiger partial charge is 0.242 e. The second-order valence-electron chi connectivity index (χ2n) is 5.08. The highest BCUT2D eigenvalue weighted by Gasteiger charge is 2.18. The number of aliphatic hydroxyl groups excluding tert-OH is 1. The average molecular weight is 316 g/mol. The van der Waals surface area contributed by atoms with E-state index in [-0.39, 0.29) is 23.6 Å². The molecule has 0 aromatic heterocycles. The van der Waals surface area contributed by atoms with Gasteiger partial charge in [-0.2, -0.15) is 0 Å². The topological polar surface area (TPSA) is 78.9 Å². The number of hydrogen-bond acceptors (Lipinski definition) is 5. The Morgan fingerprint density at radius 2 is 1.86 bits per heavy atom. The van der Waals surface area contributed by atoms with Crippen molar-refractivity contribution in [3.05, 3.63) is 29.8 Å². The van der Waals surface area contributed by atoms with Gasteiger partial charge in [-0.3, -0.25) is 0 Å². The molecule has 2 unspecified atom stereocenters. The Morgan fingerprint density at radius 1 is 1.29 bits per heavy atom. The molecule has 6 nitrogen and oxygen atoms in total. The molecule has 21 heavy (non-hydrogen) atoms. The molecule has 1 aromatic rings. The summed E-state index contributed by atoms with van der Waals surface area (Å²) < 4.78 is 30.2. The molecule has 0 radical (unpaired) electrons. The SMILES string of the molecule is COCC(CO)NC(C)c1ccc(S(=O)(=O)N(C)C)cc1. The maximum absolute atomic E-state index is 12.0. The molecule has 0 aliphatic carbocycles. The number of aliphatic hydroxyl groups is 1. The van der Waals surface area contributed by atoms with Gasteiger partial charge in [-0.25, -0.2) is 12.7 Å². The van der Waals surface area contributed by atoms with Crippen molar-refractivity contribution < 1.29 is 18.3 Å². The summed E-state index contributed by atoms with van der Waals surface area (Å²) in [5.41, 5.74) is 0.947. The highest BCUT2D eigenvalue weighted by Crippen LogP contribution is 2.18. The minimum atomic E-state index is -3.40. The quantitative estimate of drug-likeness (QED) is 0.734. The Bertz CT molecular complexity index is 528. The Hall–Kier alpha value is -0.990. The molecule has 0 fully saturated rings. The number of nitrogens with zero attached hydrogens (tertiary/aromatic N) is 1. The molecule has 120 valence electrons. The monoisotopic (exact) mass is 316 g/mol. The largest absolute Gasteiger partial charge is 0.395 e. The molecule has 0 heterocycles. The van der Waals surface area contributed by atoms with Crippen LogP contribution in [-0.4, -0.2) is 58.3 Å². The van der Waals surface area contributed by atoms with Crippen LogP contribution in [0.15, 0.2) is 29.2 Å². The lowest BCUT2D eigenvalue weighted by Crippen LogP contribution is -2.38. The van der Waals surface area contributed by atoms with Crippen molar-refractivity contribution in [2.24, 2.45) is 0 Å². The summed E-state index contributed by atoms with van der Waals surface area (Å²) in [7, 11) is 1.18. The van der Waals surface area contributed by atoms with Gasteiger partial charge in [0.2, 0.25) is 10.0 Å². The molecule has 1 aromatic carbocycles. The van der Waals surface area contributed by atoms with Crippen LogP contribution in [0.25, 0.3) is 0 Å². The Morgan fingerprint density at radius 3 is 2.29 bits per heavy atom. The van der Waals surface area contributed by atoms with Crippen molar-refractivity contribution in [3.63, 3.8) is 0 Å². The summed E-state index contributed by atoms with van der Waals surface area (Å²) in [6, 6.07) is 6.55. The summed E-state index contributed by atoms with van der Waals surface area (Å²) >= 11 is 0.